The third-order valence-electron chi connectivity index (χ3n) is 4.24. The Morgan fingerprint density at radius 1 is 1.25 bits per heavy atom. The van der Waals surface area contributed by atoms with Crippen molar-refractivity contribution in [1.29, 1.82) is 0 Å². The molecule has 3 heterocycles. The van der Waals surface area contributed by atoms with Crippen molar-refractivity contribution in [3.63, 3.8) is 0 Å². The molecule has 4 rings (SSSR count). The fourth-order valence-corrected chi connectivity index (χ4v) is 2.78. The van der Waals surface area contributed by atoms with Crippen LogP contribution in [0.1, 0.15) is 41.4 Å². The molecule has 24 heavy (non-hydrogen) atoms. The molecule has 1 aliphatic rings. The highest BCUT2D eigenvalue weighted by Gasteiger charge is 2.25. The third kappa shape index (κ3) is 3.13. The van der Waals surface area contributed by atoms with Crippen LogP contribution in [0.2, 0.25) is 0 Å². The van der Waals surface area contributed by atoms with Crippen LogP contribution in [-0.2, 0) is 6.42 Å². The van der Waals surface area contributed by atoms with E-state index in [1.165, 1.54) is 12.8 Å². The molecule has 0 aliphatic heterocycles. The number of carbonyl (C=O) groups is 1. The summed E-state index contributed by atoms with van der Waals surface area (Å²) in [6, 6.07) is 8.22. The first-order valence-corrected chi connectivity index (χ1v) is 8.32. The number of aryl methyl sites for hydroxylation is 1. The molecular weight excluding hydrogens is 302 g/mol. The highest BCUT2D eigenvalue weighted by Crippen LogP contribution is 2.36. The molecule has 1 N–H and O–H groups in total. The maximum Gasteiger partial charge on any atom is 0.252 e. The summed E-state index contributed by atoms with van der Waals surface area (Å²) in [6.07, 6.45) is 9.33. The van der Waals surface area contributed by atoms with Gasteiger partial charge < -0.3 is 9.88 Å². The predicted molar refractivity (Wildman–Crippen MR) is 90.7 cm³/mol. The zero-order chi connectivity index (χ0) is 16.4. The number of nitrogens with one attached hydrogen (secondary N) is 1. The van der Waals surface area contributed by atoms with E-state index in [1.807, 2.05) is 30.6 Å². The lowest BCUT2D eigenvalue weighted by atomic mass is 10.2. The van der Waals surface area contributed by atoms with Crippen molar-refractivity contribution in [3.05, 3.63) is 54.2 Å². The van der Waals surface area contributed by atoms with Crippen LogP contribution < -0.4 is 5.32 Å². The predicted octanol–water partition coefficient (Wildman–Crippen LogP) is 2.52. The van der Waals surface area contributed by atoms with Gasteiger partial charge in [-0.3, -0.25) is 9.78 Å². The van der Waals surface area contributed by atoms with Crippen LogP contribution in [0.15, 0.2) is 43.0 Å². The van der Waals surface area contributed by atoms with Gasteiger partial charge in [-0.25, -0.2) is 9.97 Å². The number of nitrogens with zero attached hydrogens (tertiary/aromatic N) is 4. The fourth-order valence-electron chi connectivity index (χ4n) is 2.78. The van der Waals surface area contributed by atoms with Crippen LogP contribution in [0, 0.1) is 0 Å². The highest BCUT2D eigenvalue weighted by atomic mass is 16.1. The second-order valence-electron chi connectivity index (χ2n) is 6.13. The number of amides is 1. The Bertz CT molecular complexity index is 854. The first kappa shape index (κ1) is 14.8. The minimum Gasteiger partial charge on any atom is -0.352 e. The normalized spacial score (nSPS) is 14.0. The fraction of sp³-hybridized carbons (Fsp3) is 0.333. The molecule has 0 unspecified atom stereocenters. The van der Waals surface area contributed by atoms with Gasteiger partial charge >= 0.3 is 0 Å². The van der Waals surface area contributed by atoms with E-state index in [0.29, 0.717) is 18.2 Å². The first-order chi connectivity index (χ1) is 11.8. The Hall–Kier alpha value is -2.76. The molecule has 0 atom stereocenters. The lowest BCUT2D eigenvalue weighted by Gasteiger charge is -2.05. The van der Waals surface area contributed by atoms with Crippen molar-refractivity contribution in [2.75, 3.05) is 6.54 Å². The van der Waals surface area contributed by atoms with Crippen molar-refractivity contribution in [2.45, 2.75) is 31.7 Å². The van der Waals surface area contributed by atoms with Crippen molar-refractivity contribution < 1.29 is 4.79 Å². The number of hydrogen-bond acceptors (Lipinski definition) is 4. The summed E-state index contributed by atoms with van der Waals surface area (Å²) in [5.41, 5.74) is 3.24. The molecule has 1 saturated carbocycles. The summed E-state index contributed by atoms with van der Waals surface area (Å²) in [5, 5.41) is 2.93. The maximum atomic E-state index is 12.3. The number of imidazole rings is 1. The molecule has 6 heteroatoms. The van der Waals surface area contributed by atoms with Crippen molar-refractivity contribution in [1.82, 2.24) is 24.8 Å². The standard InChI is InChI=1S/C18H19N5O/c24-18(20-9-3-5-14-4-1-2-8-19-14)13-10-16-17(21-11-13)23(12-22-16)15-6-7-15/h1-2,4,8,10-12,15H,3,5-7,9H2,(H,20,24). The Labute approximate surface area is 140 Å². The lowest BCUT2D eigenvalue weighted by Crippen LogP contribution is -2.25. The molecule has 0 aromatic carbocycles. The molecular formula is C18H19N5O. The van der Waals surface area contributed by atoms with E-state index in [2.05, 4.69) is 24.8 Å². The van der Waals surface area contributed by atoms with Gasteiger partial charge in [-0.1, -0.05) is 6.07 Å². The first-order valence-electron chi connectivity index (χ1n) is 8.32. The van der Waals surface area contributed by atoms with Crippen LogP contribution in [0.5, 0.6) is 0 Å². The van der Waals surface area contributed by atoms with Gasteiger partial charge in [-0.05, 0) is 43.9 Å². The minimum absolute atomic E-state index is 0.105. The zero-order valence-corrected chi connectivity index (χ0v) is 13.4. The number of fused-ring (bicyclic) bond motifs is 1. The average Bonchev–Trinajstić information content (AvgIpc) is 3.38. The summed E-state index contributed by atoms with van der Waals surface area (Å²) in [5.74, 6) is -0.105. The van der Waals surface area contributed by atoms with Crippen LogP contribution in [0.3, 0.4) is 0 Å². The molecule has 122 valence electrons. The lowest BCUT2D eigenvalue weighted by molar-refractivity contribution is 0.0953. The zero-order valence-electron chi connectivity index (χ0n) is 13.4. The van der Waals surface area contributed by atoms with E-state index in [-0.39, 0.29) is 5.91 Å². The van der Waals surface area contributed by atoms with Crippen LogP contribution in [0.4, 0.5) is 0 Å². The van der Waals surface area contributed by atoms with Gasteiger partial charge in [0, 0.05) is 30.7 Å². The molecule has 0 radical (unpaired) electrons. The van der Waals surface area contributed by atoms with Crippen LogP contribution in [0.25, 0.3) is 11.2 Å². The monoisotopic (exact) mass is 321 g/mol. The SMILES string of the molecule is O=C(NCCCc1ccccn1)c1cnc2c(c1)ncn2C1CC1. The number of hydrogen-bond donors (Lipinski definition) is 1. The van der Waals surface area contributed by atoms with Gasteiger partial charge in [0.05, 0.1) is 11.9 Å². The quantitative estimate of drug-likeness (QED) is 0.708. The summed E-state index contributed by atoms with van der Waals surface area (Å²) in [6.45, 7) is 0.615. The van der Waals surface area contributed by atoms with E-state index >= 15 is 0 Å². The number of rotatable bonds is 6. The Balaban J connectivity index is 1.35. The molecule has 1 amide bonds. The second-order valence-corrected chi connectivity index (χ2v) is 6.13. The van der Waals surface area contributed by atoms with Crippen molar-refractivity contribution >= 4 is 17.1 Å². The smallest absolute Gasteiger partial charge is 0.252 e. The largest absolute Gasteiger partial charge is 0.352 e. The summed E-state index contributed by atoms with van der Waals surface area (Å²) >= 11 is 0. The summed E-state index contributed by atoms with van der Waals surface area (Å²) in [7, 11) is 0. The number of carbonyl (C=O) groups excluding carboxylic acids is 1. The topological polar surface area (TPSA) is 72.7 Å². The van der Waals surface area contributed by atoms with E-state index in [9.17, 15) is 4.79 Å². The molecule has 0 saturated heterocycles. The Kier molecular flexibility index (Phi) is 3.94. The molecule has 0 bridgehead atoms. The minimum atomic E-state index is -0.105. The second kappa shape index (κ2) is 6.39. The summed E-state index contributed by atoms with van der Waals surface area (Å²) in [4.78, 5) is 25.3. The molecule has 1 aliphatic carbocycles. The third-order valence-corrected chi connectivity index (χ3v) is 4.24. The van der Waals surface area contributed by atoms with Gasteiger partial charge in [-0.15, -0.1) is 0 Å². The van der Waals surface area contributed by atoms with E-state index in [0.717, 1.165) is 29.7 Å². The number of aromatic nitrogens is 4. The van der Waals surface area contributed by atoms with E-state index in [1.54, 1.807) is 12.4 Å². The van der Waals surface area contributed by atoms with E-state index in [4.69, 9.17) is 0 Å². The van der Waals surface area contributed by atoms with Gasteiger partial charge in [-0.2, -0.15) is 0 Å². The molecule has 1 fully saturated rings. The molecule has 6 nitrogen and oxygen atoms in total. The van der Waals surface area contributed by atoms with Crippen molar-refractivity contribution in [3.8, 4) is 0 Å². The average molecular weight is 321 g/mol. The summed E-state index contributed by atoms with van der Waals surface area (Å²) < 4.78 is 2.10. The molecule has 3 aromatic heterocycles. The Morgan fingerprint density at radius 3 is 2.96 bits per heavy atom. The van der Waals surface area contributed by atoms with Crippen molar-refractivity contribution in [2.24, 2.45) is 0 Å². The van der Waals surface area contributed by atoms with E-state index < -0.39 is 0 Å². The Morgan fingerprint density at radius 2 is 2.17 bits per heavy atom. The molecule has 3 aromatic rings. The van der Waals surface area contributed by atoms with Gasteiger partial charge in [0.25, 0.3) is 5.91 Å². The molecule has 0 spiro atoms. The van der Waals surface area contributed by atoms with Gasteiger partial charge in [0.2, 0.25) is 0 Å². The number of pyridine rings is 2. The van der Waals surface area contributed by atoms with Gasteiger partial charge in [0.1, 0.15) is 5.52 Å². The van der Waals surface area contributed by atoms with Crippen LogP contribution in [-0.4, -0.2) is 32.0 Å². The highest BCUT2D eigenvalue weighted by molar-refractivity contribution is 5.96. The maximum absolute atomic E-state index is 12.3. The van der Waals surface area contributed by atoms with Crippen LogP contribution >= 0.6 is 0 Å². The van der Waals surface area contributed by atoms with Gasteiger partial charge in [0.15, 0.2) is 5.65 Å².